The Balaban J connectivity index is 3.16. The highest BCUT2D eigenvalue weighted by Gasteiger charge is 2.21. The zero-order chi connectivity index (χ0) is 14.6. The molecule has 0 unspecified atom stereocenters. The molecule has 0 saturated heterocycles. The van der Waals surface area contributed by atoms with Gasteiger partial charge in [0.15, 0.2) is 0 Å². The van der Waals surface area contributed by atoms with Crippen molar-refractivity contribution in [2.45, 2.75) is 0 Å². The minimum absolute atomic E-state index is 0.0245. The lowest BCUT2D eigenvalue weighted by molar-refractivity contribution is -0.137. The number of benzene rings is 1. The molecule has 1 N–H and O–H groups in total. The number of terminal acetylenes is 1. The Morgan fingerprint density at radius 1 is 1.32 bits per heavy atom. The predicted molar refractivity (Wildman–Crippen MR) is 97.0 cm³/mol. The highest BCUT2D eigenvalue weighted by Crippen LogP contribution is 2.24. The first-order valence-corrected chi connectivity index (χ1v) is 8.19. The van der Waals surface area contributed by atoms with Gasteiger partial charge in [-0.3, -0.25) is 9.59 Å². The van der Waals surface area contributed by atoms with Gasteiger partial charge >= 0.3 is 5.97 Å². The molecular weight excluding hydrogens is 587 g/mol. The topological polar surface area (TPSA) is 57.6 Å². The highest BCUT2D eigenvalue weighted by atomic mass is 127. The average molecular weight is 595 g/mol. The van der Waals surface area contributed by atoms with Crippen LogP contribution in [0.25, 0.3) is 0 Å². The minimum atomic E-state index is -1.08. The molecule has 1 aromatic rings. The highest BCUT2D eigenvalue weighted by molar-refractivity contribution is 14.1. The number of nitrogens with zero attached hydrogens (tertiary/aromatic N) is 1. The van der Waals surface area contributed by atoms with Crippen LogP contribution in [0.5, 0.6) is 0 Å². The smallest absolute Gasteiger partial charge is 0.323 e. The number of carboxylic acids is 1. The van der Waals surface area contributed by atoms with E-state index in [4.69, 9.17) is 11.5 Å². The van der Waals surface area contributed by atoms with E-state index in [0.717, 1.165) is 15.6 Å². The van der Waals surface area contributed by atoms with E-state index in [-0.39, 0.29) is 12.5 Å². The normalized spacial score (nSPS) is 9.79. The van der Waals surface area contributed by atoms with Crippen LogP contribution in [0, 0.1) is 23.1 Å². The molecule has 0 aliphatic heterocycles. The molecule has 0 radical (unpaired) electrons. The summed E-state index contributed by atoms with van der Waals surface area (Å²) >= 11 is 6.33. The first-order valence-electron chi connectivity index (χ1n) is 4.96. The number of carboxylic acid groups (broad SMARTS) is 1. The van der Waals surface area contributed by atoms with E-state index < -0.39 is 12.5 Å². The maximum Gasteiger partial charge on any atom is 0.323 e. The second-order valence-electron chi connectivity index (χ2n) is 3.51. The van der Waals surface area contributed by atoms with Crippen LogP contribution in [-0.4, -0.2) is 35.0 Å². The number of carbonyl (C=O) groups is 2. The van der Waals surface area contributed by atoms with E-state index in [0.29, 0.717) is 5.56 Å². The van der Waals surface area contributed by atoms with Crippen molar-refractivity contribution in [3.8, 4) is 12.3 Å². The van der Waals surface area contributed by atoms with Crippen LogP contribution in [0.3, 0.4) is 0 Å². The number of rotatable bonds is 4. The molecule has 7 heteroatoms. The monoisotopic (exact) mass is 595 g/mol. The summed E-state index contributed by atoms with van der Waals surface area (Å²) in [5.41, 5.74) is 0.480. The number of carbonyl (C=O) groups excluding carboxylic acids is 1. The van der Waals surface area contributed by atoms with Gasteiger partial charge in [0, 0.05) is 10.7 Å². The van der Waals surface area contributed by atoms with Crippen LogP contribution in [0.4, 0.5) is 0 Å². The molecule has 0 bridgehead atoms. The van der Waals surface area contributed by atoms with Gasteiger partial charge in [0.25, 0.3) is 5.91 Å². The van der Waals surface area contributed by atoms with Crippen molar-refractivity contribution in [1.82, 2.24) is 4.90 Å². The van der Waals surface area contributed by atoms with Crippen molar-refractivity contribution in [2.24, 2.45) is 0 Å². The third-order valence-corrected chi connectivity index (χ3v) is 5.79. The summed E-state index contributed by atoms with van der Waals surface area (Å²) in [6.07, 6.45) is 5.18. The van der Waals surface area contributed by atoms with Gasteiger partial charge in [0.05, 0.1) is 12.1 Å². The molecule has 0 aliphatic rings. The molecular formula is C12H8I3NO3. The van der Waals surface area contributed by atoms with Crippen LogP contribution in [0.15, 0.2) is 12.1 Å². The van der Waals surface area contributed by atoms with E-state index >= 15 is 0 Å². The summed E-state index contributed by atoms with van der Waals surface area (Å²) in [6, 6.07) is 3.68. The number of hydrogen-bond acceptors (Lipinski definition) is 2. The van der Waals surface area contributed by atoms with Gasteiger partial charge in [-0.1, -0.05) is 5.92 Å². The Labute approximate surface area is 151 Å². The summed E-state index contributed by atoms with van der Waals surface area (Å²) in [5, 5.41) is 8.82. The third-order valence-electron chi connectivity index (χ3n) is 2.12. The third kappa shape index (κ3) is 4.75. The van der Waals surface area contributed by atoms with E-state index in [1.165, 1.54) is 0 Å². The number of aliphatic carboxylic acids is 1. The SMILES string of the molecule is C#CCN(CC(=O)O)C(=O)c1cc(I)cc(I)c1I. The molecule has 1 rings (SSSR count). The standard InChI is InChI=1S/C12H8I3NO3/c1-2-3-16(6-10(17)18)12(19)8-4-7(13)5-9(14)11(8)15/h1,4-5H,3,6H2,(H,17,18). The van der Waals surface area contributed by atoms with Crippen LogP contribution in [0.1, 0.15) is 10.4 Å². The van der Waals surface area contributed by atoms with Gasteiger partial charge in [-0.25, -0.2) is 0 Å². The average Bonchev–Trinajstić information content (AvgIpc) is 2.32. The summed E-state index contributed by atoms with van der Waals surface area (Å²) in [7, 11) is 0. The largest absolute Gasteiger partial charge is 0.480 e. The molecule has 0 spiro atoms. The Hall–Kier alpha value is -0.0900. The fourth-order valence-corrected chi connectivity index (χ4v) is 3.74. The zero-order valence-electron chi connectivity index (χ0n) is 9.49. The predicted octanol–water partition coefficient (Wildman–Crippen LogP) is 2.66. The van der Waals surface area contributed by atoms with E-state index in [9.17, 15) is 9.59 Å². The second-order valence-corrected chi connectivity index (χ2v) is 6.99. The molecule has 19 heavy (non-hydrogen) atoms. The summed E-state index contributed by atoms with van der Waals surface area (Å²) in [4.78, 5) is 24.3. The first-order chi connectivity index (χ1) is 8.86. The molecule has 0 atom stereocenters. The number of hydrogen-bond donors (Lipinski definition) is 1. The van der Waals surface area contributed by atoms with Gasteiger partial charge in [0.1, 0.15) is 6.54 Å². The van der Waals surface area contributed by atoms with Crippen LogP contribution in [-0.2, 0) is 4.79 Å². The molecule has 0 heterocycles. The van der Waals surface area contributed by atoms with Crippen LogP contribution < -0.4 is 0 Å². The molecule has 1 aromatic carbocycles. The molecule has 100 valence electrons. The maximum absolute atomic E-state index is 12.4. The van der Waals surface area contributed by atoms with E-state index in [2.05, 4.69) is 73.7 Å². The van der Waals surface area contributed by atoms with Crippen LogP contribution in [0.2, 0.25) is 0 Å². The number of amides is 1. The maximum atomic E-state index is 12.4. The number of halogens is 3. The lowest BCUT2D eigenvalue weighted by Gasteiger charge is -2.19. The fourth-order valence-electron chi connectivity index (χ4n) is 1.35. The van der Waals surface area contributed by atoms with Crippen molar-refractivity contribution >= 4 is 79.6 Å². The molecule has 4 nitrogen and oxygen atoms in total. The second kappa shape index (κ2) is 7.63. The van der Waals surface area contributed by atoms with Crippen molar-refractivity contribution in [3.05, 3.63) is 28.4 Å². The quantitative estimate of drug-likeness (QED) is 0.332. The molecule has 0 aliphatic carbocycles. The van der Waals surface area contributed by atoms with Crippen molar-refractivity contribution in [1.29, 1.82) is 0 Å². The summed E-state index contributed by atoms with van der Waals surface area (Å²) in [5.74, 6) is 0.864. The van der Waals surface area contributed by atoms with Crippen molar-refractivity contribution in [2.75, 3.05) is 13.1 Å². The molecule has 0 aromatic heterocycles. The molecule has 0 saturated carbocycles. The Kier molecular flexibility index (Phi) is 6.81. The van der Waals surface area contributed by atoms with E-state index in [1.54, 1.807) is 6.07 Å². The Morgan fingerprint density at radius 2 is 1.95 bits per heavy atom. The minimum Gasteiger partial charge on any atom is -0.480 e. The van der Waals surface area contributed by atoms with Crippen molar-refractivity contribution in [3.63, 3.8) is 0 Å². The van der Waals surface area contributed by atoms with E-state index in [1.807, 2.05) is 6.07 Å². The Morgan fingerprint density at radius 3 is 2.47 bits per heavy atom. The first kappa shape index (κ1) is 17.0. The van der Waals surface area contributed by atoms with Gasteiger partial charge in [-0.2, -0.15) is 0 Å². The lowest BCUT2D eigenvalue weighted by Crippen LogP contribution is -2.36. The molecule has 0 fully saturated rings. The Bertz CT molecular complexity index is 566. The van der Waals surface area contributed by atoms with Gasteiger partial charge in [0.2, 0.25) is 0 Å². The van der Waals surface area contributed by atoms with Crippen LogP contribution >= 0.6 is 67.8 Å². The van der Waals surface area contributed by atoms with Gasteiger partial charge in [-0.15, -0.1) is 6.42 Å². The summed E-state index contributed by atoms with van der Waals surface area (Å²) in [6.45, 7) is -0.426. The van der Waals surface area contributed by atoms with Gasteiger partial charge in [-0.05, 0) is 79.9 Å². The summed E-state index contributed by atoms with van der Waals surface area (Å²) < 4.78 is 2.67. The lowest BCUT2D eigenvalue weighted by atomic mass is 10.2. The molecule has 1 amide bonds. The fraction of sp³-hybridized carbons (Fsp3) is 0.167. The van der Waals surface area contributed by atoms with Gasteiger partial charge < -0.3 is 10.0 Å². The van der Waals surface area contributed by atoms with Crippen molar-refractivity contribution < 1.29 is 14.7 Å². The zero-order valence-corrected chi connectivity index (χ0v) is 16.0.